The van der Waals surface area contributed by atoms with Gasteiger partial charge in [0.25, 0.3) is 11.8 Å². The number of carbonyl (C=O) groups excluding carboxylic acids is 2. The molecule has 0 bridgehead atoms. The van der Waals surface area contributed by atoms with Gasteiger partial charge in [-0.1, -0.05) is 26.0 Å². The first-order valence-electron chi connectivity index (χ1n) is 10.5. The summed E-state index contributed by atoms with van der Waals surface area (Å²) < 4.78 is 6.89. The Hall–Kier alpha value is -3.09. The van der Waals surface area contributed by atoms with E-state index in [0.29, 0.717) is 6.54 Å². The second-order valence-corrected chi connectivity index (χ2v) is 8.50. The van der Waals surface area contributed by atoms with Gasteiger partial charge >= 0.3 is 0 Å². The molecule has 0 saturated heterocycles. The van der Waals surface area contributed by atoms with Crippen LogP contribution in [0.4, 0.5) is 0 Å². The molecule has 0 saturated carbocycles. The molecule has 0 unspecified atom stereocenters. The zero-order valence-electron chi connectivity index (χ0n) is 19.4. The summed E-state index contributed by atoms with van der Waals surface area (Å²) in [4.78, 5) is 40.5. The summed E-state index contributed by atoms with van der Waals surface area (Å²) in [5.41, 5.74) is 0.277. The molecule has 2 rings (SSSR count). The summed E-state index contributed by atoms with van der Waals surface area (Å²) in [6.07, 6.45) is 3.05. The third-order valence-corrected chi connectivity index (χ3v) is 5.07. The minimum absolute atomic E-state index is 0.00148. The van der Waals surface area contributed by atoms with Crippen LogP contribution in [0.25, 0.3) is 0 Å². The van der Waals surface area contributed by atoms with Crippen molar-refractivity contribution >= 4 is 11.8 Å². The van der Waals surface area contributed by atoms with Crippen molar-refractivity contribution in [1.29, 1.82) is 0 Å². The molecule has 1 aromatic heterocycles. The van der Waals surface area contributed by atoms with Crippen molar-refractivity contribution in [3.63, 3.8) is 0 Å². The number of hydrogen-bond acceptors (Lipinski definition) is 4. The van der Waals surface area contributed by atoms with E-state index in [1.165, 1.54) is 17.3 Å². The van der Waals surface area contributed by atoms with E-state index in [0.717, 1.165) is 11.3 Å². The predicted molar refractivity (Wildman–Crippen MR) is 122 cm³/mol. The predicted octanol–water partition coefficient (Wildman–Crippen LogP) is 3.66. The van der Waals surface area contributed by atoms with Crippen LogP contribution >= 0.6 is 0 Å². The van der Waals surface area contributed by atoms with Crippen molar-refractivity contribution in [2.75, 3.05) is 20.7 Å². The number of hydrogen-bond donors (Lipinski definition) is 1. The number of methoxy groups -OCH3 is 1. The summed E-state index contributed by atoms with van der Waals surface area (Å²) in [5, 5.41) is 2.87. The van der Waals surface area contributed by atoms with E-state index < -0.39 is 11.3 Å². The van der Waals surface area contributed by atoms with Gasteiger partial charge in [0, 0.05) is 32.0 Å². The normalized spacial score (nSPS) is 12.0. The smallest absolute Gasteiger partial charge is 0.259 e. The highest BCUT2D eigenvalue weighted by atomic mass is 16.5. The number of rotatable bonds is 8. The quantitative estimate of drug-likeness (QED) is 0.697. The number of amides is 2. The lowest BCUT2D eigenvalue weighted by atomic mass is 10.1. The molecule has 31 heavy (non-hydrogen) atoms. The number of carbonyl (C=O) groups is 2. The maximum absolute atomic E-state index is 13.1. The Balaban J connectivity index is 2.37. The Morgan fingerprint density at radius 3 is 2.13 bits per heavy atom. The Labute approximate surface area is 184 Å². The van der Waals surface area contributed by atoms with E-state index in [1.807, 2.05) is 58.9 Å². The standard InChI is InChI=1S/C24H33N3O4/c1-15(2)12-26(6)24(30)21-14-27(16(3)4)13-20(22(21)28)23(29)25-17(5)18-8-10-19(31-7)11-9-18/h8-11,13-17H,12H2,1-7H3,(H,25,29)/t17-/m1/s1. The highest BCUT2D eigenvalue weighted by Gasteiger charge is 2.23. The van der Waals surface area contributed by atoms with Crippen LogP contribution in [-0.2, 0) is 0 Å². The molecule has 2 amide bonds. The molecule has 1 heterocycles. The van der Waals surface area contributed by atoms with Gasteiger partial charge in [0.15, 0.2) is 0 Å². The summed E-state index contributed by atoms with van der Waals surface area (Å²) in [5.74, 6) is 0.0896. The lowest BCUT2D eigenvalue weighted by Gasteiger charge is -2.21. The van der Waals surface area contributed by atoms with Gasteiger partial charge in [-0.15, -0.1) is 0 Å². The molecule has 168 valence electrons. The van der Waals surface area contributed by atoms with Crippen molar-refractivity contribution in [3.8, 4) is 5.75 Å². The summed E-state index contributed by atoms with van der Waals surface area (Å²) in [7, 11) is 3.26. The molecule has 0 aliphatic carbocycles. The fourth-order valence-electron chi connectivity index (χ4n) is 3.30. The van der Waals surface area contributed by atoms with Crippen LogP contribution in [0.15, 0.2) is 41.5 Å². The van der Waals surface area contributed by atoms with E-state index in [4.69, 9.17) is 4.74 Å². The lowest BCUT2D eigenvalue weighted by molar-refractivity contribution is 0.0777. The summed E-state index contributed by atoms with van der Waals surface area (Å²) >= 11 is 0. The van der Waals surface area contributed by atoms with Gasteiger partial charge in [-0.3, -0.25) is 14.4 Å². The zero-order valence-corrected chi connectivity index (χ0v) is 19.4. The molecule has 2 aromatic rings. The largest absolute Gasteiger partial charge is 0.497 e. The number of nitrogens with one attached hydrogen (secondary N) is 1. The number of nitrogens with zero attached hydrogens (tertiary/aromatic N) is 2. The zero-order chi connectivity index (χ0) is 23.3. The second kappa shape index (κ2) is 10.3. The van der Waals surface area contributed by atoms with E-state index in [9.17, 15) is 14.4 Å². The van der Waals surface area contributed by atoms with Gasteiger partial charge in [0.2, 0.25) is 5.43 Å². The maximum Gasteiger partial charge on any atom is 0.259 e. The number of ether oxygens (including phenoxy) is 1. The van der Waals surface area contributed by atoms with Gasteiger partial charge in [0.1, 0.15) is 16.9 Å². The first-order chi connectivity index (χ1) is 14.5. The van der Waals surface area contributed by atoms with Crippen molar-refractivity contribution in [3.05, 3.63) is 63.6 Å². The molecule has 7 nitrogen and oxygen atoms in total. The molecule has 0 radical (unpaired) electrons. The molecule has 1 atom stereocenters. The first-order valence-corrected chi connectivity index (χ1v) is 10.5. The van der Waals surface area contributed by atoms with Gasteiger partial charge in [0.05, 0.1) is 13.2 Å². The van der Waals surface area contributed by atoms with Crippen LogP contribution in [0.1, 0.15) is 73.0 Å². The van der Waals surface area contributed by atoms with Crippen molar-refractivity contribution < 1.29 is 14.3 Å². The molecule has 0 spiro atoms. The molecule has 7 heteroatoms. The number of benzene rings is 1. The fourth-order valence-corrected chi connectivity index (χ4v) is 3.30. The van der Waals surface area contributed by atoms with Gasteiger partial charge in [-0.05, 0) is 44.4 Å². The highest BCUT2D eigenvalue weighted by molar-refractivity contribution is 5.99. The Bertz CT molecular complexity index is 977. The SMILES string of the molecule is COc1ccc([C@@H](C)NC(=O)c2cn(C(C)C)cc(C(=O)N(C)CC(C)C)c2=O)cc1. The van der Waals surface area contributed by atoms with Crippen LogP contribution in [0.3, 0.4) is 0 Å². The Kier molecular flexibility index (Phi) is 8.02. The van der Waals surface area contributed by atoms with E-state index in [1.54, 1.807) is 18.7 Å². The molecule has 1 aromatic carbocycles. The van der Waals surface area contributed by atoms with Crippen molar-refractivity contribution in [2.45, 2.75) is 46.7 Å². The van der Waals surface area contributed by atoms with E-state index in [2.05, 4.69) is 5.32 Å². The van der Waals surface area contributed by atoms with Crippen LogP contribution in [0, 0.1) is 5.92 Å². The average Bonchev–Trinajstić information content (AvgIpc) is 2.72. The third kappa shape index (κ3) is 5.96. The van der Waals surface area contributed by atoms with Gasteiger partial charge in [-0.25, -0.2) is 0 Å². The molecule has 0 fully saturated rings. The maximum atomic E-state index is 13.1. The Morgan fingerprint density at radius 1 is 1.03 bits per heavy atom. The number of pyridine rings is 1. The first kappa shape index (κ1) is 24.2. The van der Waals surface area contributed by atoms with Gasteiger partial charge in [-0.2, -0.15) is 0 Å². The van der Waals surface area contributed by atoms with Crippen LogP contribution < -0.4 is 15.5 Å². The topological polar surface area (TPSA) is 80.6 Å². The van der Waals surface area contributed by atoms with Crippen LogP contribution in [-0.4, -0.2) is 42.0 Å². The minimum Gasteiger partial charge on any atom is -0.497 e. The van der Waals surface area contributed by atoms with Crippen LogP contribution in [0.5, 0.6) is 5.75 Å². The van der Waals surface area contributed by atoms with Gasteiger partial charge < -0.3 is 19.5 Å². The molecule has 0 aliphatic heterocycles. The minimum atomic E-state index is -0.558. The third-order valence-electron chi connectivity index (χ3n) is 5.07. The molecular formula is C24H33N3O4. The second-order valence-electron chi connectivity index (χ2n) is 8.50. The van der Waals surface area contributed by atoms with Crippen molar-refractivity contribution in [2.24, 2.45) is 5.92 Å². The monoisotopic (exact) mass is 427 g/mol. The van der Waals surface area contributed by atoms with E-state index >= 15 is 0 Å². The van der Waals surface area contributed by atoms with E-state index in [-0.39, 0.29) is 35.0 Å². The molecule has 0 aliphatic rings. The molecule has 1 N–H and O–H groups in total. The molecular weight excluding hydrogens is 394 g/mol. The van der Waals surface area contributed by atoms with Crippen LogP contribution in [0.2, 0.25) is 0 Å². The summed E-state index contributed by atoms with van der Waals surface area (Å²) in [6.45, 7) is 10.2. The summed E-state index contributed by atoms with van der Waals surface area (Å²) in [6, 6.07) is 7.00. The fraction of sp³-hybridized carbons (Fsp3) is 0.458. The van der Waals surface area contributed by atoms with Crippen molar-refractivity contribution in [1.82, 2.24) is 14.8 Å². The highest BCUT2D eigenvalue weighted by Crippen LogP contribution is 2.18. The Morgan fingerprint density at radius 2 is 1.61 bits per heavy atom. The number of aromatic nitrogens is 1. The average molecular weight is 428 g/mol. The lowest BCUT2D eigenvalue weighted by Crippen LogP contribution is -2.38.